The zero-order chi connectivity index (χ0) is 9.84. The Morgan fingerprint density at radius 2 is 2.31 bits per heavy atom. The molecule has 0 aliphatic carbocycles. The molecule has 0 N–H and O–H groups in total. The lowest BCUT2D eigenvalue weighted by Gasteiger charge is -2.17. The van der Waals surface area contributed by atoms with E-state index in [2.05, 4.69) is 9.47 Å². The predicted molar refractivity (Wildman–Crippen MR) is 40.5 cm³/mol. The summed E-state index contributed by atoms with van der Waals surface area (Å²) < 4.78 is 8.76. The summed E-state index contributed by atoms with van der Waals surface area (Å²) in [7, 11) is 1.25. The van der Waals surface area contributed by atoms with E-state index in [1.807, 2.05) is 0 Å². The van der Waals surface area contributed by atoms with Gasteiger partial charge in [0.25, 0.3) is 0 Å². The molecule has 1 unspecified atom stereocenters. The highest BCUT2D eigenvalue weighted by molar-refractivity contribution is 5.91. The molecule has 0 aromatic rings. The second-order valence-electron chi connectivity index (χ2n) is 2.81. The van der Waals surface area contributed by atoms with Gasteiger partial charge in [-0.3, -0.25) is 14.4 Å². The van der Waals surface area contributed by atoms with Gasteiger partial charge in [0.2, 0.25) is 0 Å². The Kier molecular flexibility index (Phi) is 3.00. The molecular formula is C8H10O5. The van der Waals surface area contributed by atoms with Gasteiger partial charge in [-0.2, -0.15) is 0 Å². The fraction of sp³-hybridized carbons (Fsp3) is 0.625. The summed E-state index contributed by atoms with van der Waals surface area (Å²) in [5, 5.41) is 0. The van der Waals surface area contributed by atoms with Crippen LogP contribution in [0.15, 0.2) is 0 Å². The third-order valence-electron chi connectivity index (χ3n) is 1.89. The molecule has 0 amide bonds. The van der Waals surface area contributed by atoms with Gasteiger partial charge in [0.15, 0.2) is 0 Å². The molecule has 1 aliphatic rings. The second kappa shape index (κ2) is 4.02. The topological polar surface area (TPSA) is 69.7 Å². The number of methoxy groups -OCH3 is 1. The Morgan fingerprint density at radius 1 is 1.62 bits per heavy atom. The minimum absolute atomic E-state index is 0.0113. The summed E-state index contributed by atoms with van der Waals surface area (Å²) in [5.41, 5.74) is 0. The van der Waals surface area contributed by atoms with Crippen molar-refractivity contribution in [2.45, 2.75) is 19.3 Å². The average molecular weight is 186 g/mol. The van der Waals surface area contributed by atoms with Crippen molar-refractivity contribution in [2.75, 3.05) is 7.11 Å². The third kappa shape index (κ3) is 2.54. The van der Waals surface area contributed by atoms with E-state index in [4.69, 9.17) is 0 Å². The predicted octanol–water partition coefficient (Wildman–Crippen LogP) is 0.0293. The highest BCUT2D eigenvalue weighted by atomic mass is 16.6. The Morgan fingerprint density at radius 3 is 2.85 bits per heavy atom. The van der Waals surface area contributed by atoms with Crippen molar-refractivity contribution in [1.82, 2.24) is 0 Å². The van der Waals surface area contributed by atoms with Gasteiger partial charge in [-0.1, -0.05) is 0 Å². The number of rotatable bonds is 2. The molecule has 1 atom stereocenters. The minimum atomic E-state index is -0.623. The number of carbonyl (C=O) groups excluding carboxylic acids is 3. The molecule has 5 nitrogen and oxygen atoms in total. The first-order chi connectivity index (χ1) is 6.13. The molecule has 0 radical (unpaired) electrons. The molecule has 0 spiro atoms. The van der Waals surface area contributed by atoms with E-state index in [0.29, 0.717) is 6.42 Å². The molecule has 1 rings (SSSR count). The molecule has 1 saturated heterocycles. The maximum Gasteiger partial charge on any atom is 0.317 e. The third-order valence-corrected chi connectivity index (χ3v) is 1.89. The van der Waals surface area contributed by atoms with Crippen molar-refractivity contribution in [3.05, 3.63) is 0 Å². The maximum absolute atomic E-state index is 11.0. The monoisotopic (exact) mass is 186 g/mol. The molecule has 0 aromatic carbocycles. The SMILES string of the molecule is COC(=O)CC1CCC(=O)OC1=O. The zero-order valence-electron chi connectivity index (χ0n) is 7.24. The van der Waals surface area contributed by atoms with Crippen LogP contribution in [0.2, 0.25) is 0 Å². The van der Waals surface area contributed by atoms with Crippen LogP contribution < -0.4 is 0 Å². The van der Waals surface area contributed by atoms with Gasteiger partial charge in [0.05, 0.1) is 19.4 Å². The smallest absolute Gasteiger partial charge is 0.317 e. The van der Waals surface area contributed by atoms with E-state index in [9.17, 15) is 14.4 Å². The van der Waals surface area contributed by atoms with E-state index < -0.39 is 23.8 Å². The van der Waals surface area contributed by atoms with Gasteiger partial charge < -0.3 is 9.47 Å². The van der Waals surface area contributed by atoms with Gasteiger partial charge in [-0.15, -0.1) is 0 Å². The standard InChI is InChI=1S/C8H10O5/c1-12-7(10)4-5-2-3-6(9)13-8(5)11/h5H,2-4H2,1H3. The van der Waals surface area contributed by atoms with Crippen molar-refractivity contribution in [2.24, 2.45) is 5.92 Å². The van der Waals surface area contributed by atoms with Crippen molar-refractivity contribution in [1.29, 1.82) is 0 Å². The number of ether oxygens (including phenoxy) is 2. The van der Waals surface area contributed by atoms with Gasteiger partial charge in [-0.05, 0) is 6.42 Å². The highest BCUT2D eigenvalue weighted by Crippen LogP contribution is 2.19. The fourth-order valence-corrected chi connectivity index (χ4v) is 1.13. The average Bonchev–Trinajstić information content (AvgIpc) is 2.09. The molecule has 13 heavy (non-hydrogen) atoms. The van der Waals surface area contributed by atoms with E-state index in [1.54, 1.807) is 0 Å². The molecule has 0 bridgehead atoms. The minimum Gasteiger partial charge on any atom is -0.469 e. The van der Waals surface area contributed by atoms with Gasteiger partial charge in [0, 0.05) is 6.42 Å². The van der Waals surface area contributed by atoms with Crippen LogP contribution >= 0.6 is 0 Å². The van der Waals surface area contributed by atoms with Crippen molar-refractivity contribution < 1.29 is 23.9 Å². The van der Waals surface area contributed by atoms with Crippen LogP contribution in [0.5, 0.6) is 0 Å². The fourth-order valence-electron chi connectivity index (χ4n) is 1.13. The van der Waals surface area contributed by atoms with Crippen molar-refractivity contribution >= 4 is 17.9 Å². The normalized spacial score (nSPS) is 22.4. The van der Waals surface area contributed by atoms with E-state index in [0.717, 1.165) is 0 Å². The van der Waals surface area contributed by atoms with Crippen LogP contribution in [0.3, 0.4) is 0 Å². The number of carbonyl (C=O) groups is 3. The van der Waals surface area contributed by atoms with Gasteiger partial charge in [-0.25, -0.2) is 0 Å². The zero-order valence-corrected chi connectivity index (χ0v) is 7.24. The molecular weight excluding hydrogens is 176 g/mol. The molecule has 72 valence electrons. The molecule has 1 fully saturated rings. The van der Waals surface area contributed by atoms with Crippen molar-refractivity contribution in [3.8, 4) is 0 Å². The largest absolute Gasteiger partial charge is 0.469 e. The first kappa shape index (κ1) is 9.70. The number of esters is 3. The number of cyclic esters (lactones) is 2. The Labute approximate surface area is 75.0 Å². The summed E-state index contributed by atoms with van der Waals surface area (Å²) in [6.07, 6.45) is 0.544. The van der Waals surface area contributed by atoms with Crippen LogP contribution in [0.4, 0.5) is 0 Å². The molecule has 0 aromatic heterocycles. The lowest BCUT2D eigenvalue weighted by atomic mass is 9.98. The van der Waals surface area contributed by atoms with E-state index in [-0.39, 0.29) is 12.8 Å². The summed E-state index contributed by atoms with van der Waals surface area (Å²) in [6.45, 7) is 0. The van der Waals surface area contributed by atoms with Crippen molar-refractivity contribution in [3.63, 3.8) is 0 Å². The molecule has 5 heteroatoms. The lowest BCUT2D eigenvalue weighted by molar-refractivity contribution is -0.169. The molecule has 0 saturated carbocycles. The Bertz CT molecular complexity index is 245. The first-order valence-corrected chi connectivity index (χ1v) is 3.95. The van der Waals surface area contributed by atoms with Crippen LogP contribution in [-0.2, 0) is 23.9 Å². The molecule has 1 heterocycles. The first-order valence-electron chi connectivity index (χ1n) is 3.95. The summed E-state index contributed by atoms with van der Waals surface area (Å²) in [6, 6.07) is 0. The summed E-state index contributed by atoms with van der Waals surface area (Å²) in [5.74, 6) is -2.13. The summed E-state index contributed by atoms with van der Waals surface area (Å²) >= 11 is 0. The number of hydrogen-bond acceptors (Lipinski definition) is 5. The number of hydrogen-bond donors (Lipinski definition) is 0. The molecule has 1 aliphatic heterocycles. The Balaban J connectivity index is 2.47. The van der Waals surface area contributed by atoms with Gasteiger partial charge in [0.1, 0.15) is 0 Å². The van der Waals surface area contributed by atoms with E-state index in [1.165, 1.54) is 7.11 Å². The van der Waals surface area contributed by atoms with Gasteiger partial charge >= 0.3 is 17.9 Å². The van der Waals surface area contributed by atoms with Crippen LogP contribution in [0.1, 0.15) is 19.3 Å². The van der Waals surface area contributed by atoms with Crippen LogP contribution in [-0.4, -0.2) is 25.0 Å². The maximum atomic E-state index is 11.0. The van der Waals surface area contributed by atoms with Crippen LogP contribution in [0.25, 0.3) is 0 Å². The van der Waals surface area contributed by atoms with E-state index >= 15 is 0 Å². The Hall–Kier alpha value is -1.39. The quantitative estimate of drug-likeness (QED) is 0.449. The van der Waals surface area contributed by atoms with Crippen LogP contribution in [0, 0.1) is 5.92 Å². The highest BCUT2D eigenvalue weighted by Gasteiger charge is 2.30. The lowest BCUT2D eigenvalue weighted by Crippen LogP contribution is -2.29. The second-order valence-corrected chi connectivity index (χ2v) is 2.81. The summed E-state index contributed by atoms with van der Waals surface area (Å²) in [4.78, 5) is 32.4.